The smallest absolute Gasteiger partial charge is 0.320 e. The summed E-state index contributed by atoms with van der Waals surface area (Å²) in [6.45, 7) is 0.779. The molecule has 0 saturated heterocycles. The number of carbonyl (C=O) groups is 1. The van der Waals surface area contributed by atoms with Crippen LogP contribution in [0.1, 0.15) is 12.8 Å². The van der Waals surface area contributed by atoms with E-state index in [0.717, 1.165) is 0 Å². The van der Waals surface area contributed by atoms with Crippen molar-refractivity contribution >= 4 is 11.8 Å². The van der Waals surface area contributed by atoms with E-state index in [9.17, 15) is 4.79 Å². The number of carboxylic acids is 1. The van der Waals surface area contributed by atoms with Crippen LogP contribution in [0.15, 0.2) is 4.99 Å². The molecule has 6 heteroatoms. The Labute approximate surface area is 82.9 Å². The standard InChI is InChI=1S/C8H17N3O3/c1-14-5-7(10)11-4-2-3-6(9)8(12)13/h6H,2-5,9H2,1H3,(H2,10,11)(H,12,13)/t6-/m0/s1. The van der Waals surface area contributed by atoms with Gasteiger partial charge in [0.2, 0.25) is 0 Å². The molecule has 0 aromatic carbocycles. The maximum Gasteiger partial charge on any atom is 0.320 e. The van der Waals surface area contributed by atoms with Gasteiger partial charge in [0.1, 0.15) is 18.5 Å². The van der Waals surface area contributed by atoms with E-state index in [2.05, 4.69) is 4.99 Å². The fourth-order valence-electron chi connectivity index (χ4n) is 0.851. The van der Waals surface area contributed by atoms with Gasteiger partial charge in [0.25, 0.3) is 0 Å². The zero-order valence-corrected chi connectivity index (χ0v) is 8.27. The average molecular weight is 203 g/mol. The minimum atomic E-state index is -0.987. The van der Waals surface area contributed by atoms with Crippen LogP contribution < -0.4 is 11.5 Å². The van der Waals surface area contributed by atoms with E-state index >= 15 is 0 Å². The van der Waals surface area contributed by atoms with Crippen LogP contribution in [-0.4, -0.2) is 43.2 Å². The molecule has 0 aliphatic rings. The van der Waals surface area contributed by atoms with Gasteiger partial charge in [-0.25, -0.2) is 0 Å². The number of nitrogens with two attached hydrogens (primary N) is 2. The van der Waals surface area contributed by atoms with Gasteiger partial charge in [-0.05, 0) is 12.8 Å². The topological polar surface area (TPSA) is 111 Å². The van der Waals surface area contributed by atoms with Crippen LogP contribution >= 0.6 is 0 Å². The number of rotatable bonds is 7. The Morgan fingerprint density at radius 2 is 2.29 bits per heavy atom. The van der Waals surface area contributed by atoms with E-state index in [1.54, 1.807) is 0 Å². The summed E-state index contributed by atoms with van der Waals surface area (Å²) < 4.78 is 4.75. The van der Waals surface area contributed by atoms with Crippen LogP contribution in [0.4, 0.5) is 0 Å². The number of methoxy groups -OCH3 is 1. The van der Waals surface area contributed by atoms with Crippen molar-refractivity contribution in [3.05, 3.63) is 0 Å². The summed E-state index contributed by atoms with van der Waals surface area (Å²) in [7, 11) is 1.53. The van der Waals surface area contributed by atoms with Crippen LogP contribution in [0.25, 0.3) is 0 Å². The Bertz CT molecular complexity index is 206. The van der Waals surface area contributed by atoms with Crippen molar-refractivity contribution in [1.29, 1.82) is 0 Å². The second-order valence-electron chi connectivity index (χ2n) is 2.89. The summed E-state index contributed by atoms with van der Waals surface area (Å²) in [4.78, 5) is 14.3. The third-order valence-electron chi connectivity index (χ3n) is 1.60. The minimum absolute atomic E-state index is 0.297. The Kier molecular flexibility index (Phi) is 6.69. The van der Waals surface area contributed by atoms with E-state index in [-0.39, 0.29) is 0 Å². The third kappa shape index (κ3) is 6.38. The number of hydrogen-bond acceptors (Lipinski definition) is 4. The molecule has 0 amide bonds. The van der Waals surface area contributed by atoms with Crippen molar-refractivity contribution in [2.24, 2.45) is 16.5 Å². The van der Waals surface area contributed by atoms with Gasteiger partial charge in [-0.15, -0.1) is 0 Å². The SMILES string of the molecule is COCC(N)=NCCC[C@H](N)C(=O)O. The van der Waals surface area contributed by atoms with E-state index in [0.29, 0.717) is 31.8 Å². The van der Waals surface area contributed by atoms with E-state index < -0.39 is 12.0 Å². The summed E-state index contributed by atoms with van der Waals surface area (Å²) in [6, 6.07) is -0.811. The lowest BCUT2D eigenvalue weighted by molar-refractivity contribution is -0.138. The lowest BCUT2D eigenvalue weighted by atomic mass is 10.2. The monoisotopic (exact) mass is 203 g/mol. The molecular weight excluding hydrogens is 186 g/mol. The Hall–Kier alpha value is -1.14. The number of nitrogens with zero attached hydrogens (tertiary/aromatic N) is 1. The van der Waals surface area contributed by atoms with Gasteiger partial charge in [0.15, 0.2) is 0 Å². The van der Waals surface area contributed by atoms with Crippen LogP contribution in [-0.2, 0) is 9.53 Å². The van der Waals surface area contributed by atoms with Gasteiger partial charge in [0, 0.05) is 13.7 Å². The van der Waals surface area contributed by atoms with Gasteiger partial charge in [-0.3, -0.25) is 9.79 Å². The lowest BCUT2D eigenvalue weighted by Gasteiger charge is -2.04. The highest BCUT2D eigenvalue weighted by Crippen LogP contribution is 1.95. The fourth-order valence-corrected chi connectivity index (χ4v) is 0.851. The second-order valence-corrected chi connectivity index (χ2v) is 2.89. The molecule has 0 aliphatic carbocycles. The number of amidine groups is 1. The highest BCUT2D eigenvalue weighted by atomic mass is 16.5. The van der Waals surface area contributed by atoms with Crippen LogP contribution in [0.3, 0.4) is 0 Å². The second kappa shape index (κ2) is 7.28. The normalized spacial score (nSPS) is 14.0. The minimum Gasteiger partial charge on any atom is -0.480 e. The number of hydrogen-bond donors (Lipinski definition) is 3. The summed E-state index contributed by atoms with van der Waals surface area (Å²) in [5, 5.41) is 8.47. The molecule has 14 heavy (non-hydrogen) atoms. The van der Waals surface area contributed by atoms with Crippen LogP contribution in [0.5, 0.6) is 0 Å². The predicted octanol–water partition coefficient (Wildman–Crippen LogP) is -0.818. The summed E-state index contributed by atoms with van der Waals surface area (Å²) in [5.74, 6) is -0.574. The largest absolute Gasteiger partial charge is 0.480 e. The molecule has 0 unspecified atom stereocenters. The summed E-state index contributed by atoms with van der Waals surface area (Å²) in [5.41, 5.74) is 10.7. The Morgan fingerprint density at radius 1 is 1.64 bits per heavy atom. The fraction of sp³-hybridized carbons (Fsp3) is 0.750. The summed E-state index contributed by atoms with van der Waals surface area (Å²) >= 11 is 0. The lowest BCUT2D eigenvalue weighted by Crippen LogP contribution is -2.30. The van der Waals surface area contributed by atoms with Crippen molar-refractivity contribution in [2.45, 2.75) is 18.9 Å². The first-order chi connectivity index (χ1) is 6.57. The first-order valence-electron chi connectivity index (χ1n) is 4.34. The predicted molar refractivity (Wildman–Crippen MR) is 53.2 cm³/mol. The van der Waals surface area contributed by atoms with Gasteiger partial charge in [-0.1, -0.05) is 0 Å². The van der Waals surface area contributed by atoms with Crippen molar-refractivity contribution in [1.82, 2.24) is 0 Å². The number of aliphatic carboxylic acids is 1. The van der Waals surface area contributed by atoms with E-state index in [1.807, 2.05) is 0 Å². The molecule has 82 valence electrons. The summed E-state index contributed by atoms with van der Waals surface area (Å²) in [6.07, 6.45) is 1.01. The number of ether oxygens (including phenoxy) is 1. The molecule has 5 N–H and O–H groups in total. The van der Waals surface area contributed by atoms with Crippen LogP contribution in [0.2, 0.25) is 0 Å². The van der Waals surface area contributed by atoms with Crippen molar-refractivity contribution in [3.63, 3.8) is 0 Å². The molecule has 0 fully saturated rings. The molecule has 0 radical (unpaired) electrons. The van der Waals surface area contributed by atoms with Gasteiger partial charge in [0.05, 0.1) is 0 Å². The molecule has 0 aliphatic heterocycles. The molecule has 1 atom stereocenters. The maximum atomic E-state index is 10.3. The first-order valence-corrected chi connectivity index (χ1v) is 4.34. The molecule has 0 heterocycles. The zero-order valence-electron chi connectivity index (χ0n) is 8.27. The maximum absolute atomic E-state index is 10.3. The Morgan fingerprint density at radius 3 is 2.79 bits per heavy atom. The Balaban J connectivity index is 3.55. The number of carboxylic acid groups (broad SMARTS) is 1. The van der Waals surface area contributed by atoms with E-state index in [4.69, 9.17) is 21.3 Å². The molecule has 0 saturated carbocycles. The molecule has 0 bridgehead atoms. The quantitative estimate of drug-likeness (QED) is 0.284. The number of aliphatic imine (C=N–C) groups is 1. The van der Waals surface area contributed by atoms with Crippen molar-refractivity contribution in [3.8, 4) is 0 Å². The average Bonchev–Trinajstić information content (AvgIpc) is 2.12. The molecule has 0 aromatic rings. The van der Waals surface area contributed by atoms with Gasteiger partial charge >= 0.3 is 5.97 Å². The third-order valence-corrected chi connectivity index (χ3v) is 1.60. The molecule has 0 spiro atoms. The van der Waals surface area contributed by atoms with E-state index in [1.165, 1.54) is 7.11 Å². The highest BCUT2D eigenvalue weighted by molar-refractivity contribution is 5.81. The zero-order chi connectivity index (χ0) is 11.0. The van der Waals surface area contributed by atoms with Crippen molar-refractivity contribution in [2.75, 3.05) is 20.3 Å². The van der Waals surface area contributed by atoms with Gasteiger partial charge < -0.3 is 21.3 Å². The molecule has 0 rings (SSSR count). The van der Waals surface area contributed by atoms with Gasteiger partial charge in [-0.2, -0.15) is 0 Å². The molecular formula is C8H17N3O3. The highest BCUT2D eigenvalue weighted by Gasteiger charge is 2.09. The molecule has 6 nitrogen and oxygen atoms in total. The molecule has 0 aromatic heterocycles. The van der Waals surface area contributed by atoms with Crippen LogP contribution in [0, 0.1) is 0 Å². The first kappa shape index (κ1) is 12.9. The van der Waals surface area contributed by atoms with Crippen molar-refractivity contribution < 1.29 is 14.6 Å².